The average Bonchev–Trinajstić information content (AvgIpc) is 2.66. The predicted octanol–water partition coefficient (Wildman–Crippen LogP) is 2.90. The average molecular weight is 370 g/mol. The lowest BCUT2D eigenvalue weighted by Gasteiger charge is -2.20. The van der Waals surface area contributed by atoms with E-state index >= 15 is 0 Å². The van der Waals surface area contributed by atoms with Crippen molar-refractivity contribution in [1.82, 2.24) is 10.3 Å². The molecule has 2 rings (SSSR count). The highest BCUT2D eigenvalue weighted by atomic mass is 16.5. The molecule has 0 aliphatic carbocycles. The number of benzene rings is 1. The predicted molar refractivity (Wildman–Crippen MR) is 103 cm³/mol. The molecule has 0 bridgehead atoms. The van der Waals surface area contributed by atoms with Crippen LogP contribution in [0.25, 0.3) is 0 Å². The van der Waals surface area contributed by atoms with E-state index in [1.807, 2.05) is 12.1 Å². The van der Waals surface area contributed by atoms with Crippen molar-refractivity contribution in [2.45, 2.75) is 38.6 Å². The number of esters is 1. The van der Waals surface area contributed by atoms with E-state index in [0.29, 0.717) is 17.0 Å². The number of nitrogens with one attached hydrogen (secondary N) is 1. The van der Waals surface area contributed by atoms with Gasteiger partial charge in [0.15, 0.2) is 0 Å². The van der Waals surface area contributed by atoms with Crippen LogP contribution in [0.3, 0.4) is 0 Å². The van der Waals surface area contributed by atoms with Gasteiger partial charge in [0, 0.05) is 23.7 Å². The van der Waals surface area contributed by atoms with Crippen LogP contribution in [0.4, 0.5) is 0 Å². The van der Waals surface area contributed by atoms with Crippen LogP contribution in [0, 0.1) is 0 Å². The molecule has 0 spiro atoms. The summed E-state index contributed by atoms with van der Waals surface area (Å²) < 4.78 is 10.1. The molecule has 0 unspecified atom stereocenters. The highest BCUT2D eigenvalue weighted by Crippen LogP contribution is 2.22. The number of carbonyl (C=O) groups is 2. The maximum absolute atomic E-state index is 12.6. The second kappa shape index (κ2) is 8.66. The summed E-state index contributed by atoms with van der Waals surface area (Å²) in [4.78, 5) is 28.9. The summed E-state index contributed by atoms with van der Waals surface area (Å²) in [5, 5.41) is 2.75. The molecule has 1 aromatic heterocycles. The minimum atomic E-state index is -0.845. The first-order valence-electron chi connectivity index (χ1n) is 8.73. The van der Waals surface area contributed by atoms with E-state index in [-0.39, 0.29) is 17.7 Å². The molecule has 0 saturated carbocycles. The van der Waals surface area contributed by atoms with E-state index in [0.717, 1.165) is 5.56 Å². The van der Waals surface area contributed by atoms with E-state index in [1.165, 1.54) is 14.2 Å². The summed E-state index contributed by atoms with van der Waals surface area (Å²) in [7, 11) is 2.80. The molecule has 0 radical (unpaired) electrons. The Morgan fingerprint density at radius 2 is 1.78 bits per heavy atom. The van der Waals surface area contributed by atoms with Gasteiger partial charge in [0.1, 0.15) is 6.04 Å². The molecule has 144 valence electrons. The monoisotopic (exact) mass is 370 g/mol. The number of hydrogen-bond donors (Lipinski definition) is 1. The number of hydrogen-bond acceptors (Lipinski definition) is 5. The van der Waals surface area contributed by atoms with Gasteiger partial charge >= 0.3 is 5.97 Å². The zero-order chi connectivity index (χ0) is 20.0. The van der Waals surface area contributed by atoms with Crippen LogP contribution in [-0.4, -0.2) is 37.1 Å². The molecule has 6 heteroatoms. The van der Waals surface area contributed by atoms with Crippen molar-refractivity contribution in [1.29, 1.82) is 0 Å². The zero-order valence-corrected chi connectivity index (χ0v) is 16.4. The smallest absolute Gasteiger partial charge is 0.328 e. The molecule has 27 heavy (non-hydrogen) atoms. The molecule has 2 aromatic rings. The number of pyridine rings is 1. The fraction of sp³-hybridized carbons (Fsp3) is 0.381. The van der Waals surface area contributed by atoms with Crippen molar-refractivity contribution < 1.29 is 19.1 Å². The molecule has 0 aliphatic rings. The molecule has 6 nitrogen and oxygen atoms in total. The molecular formula is C21H26N2O4. The first-order valence-corrected chi connectivity index (χ1v) is 8.73. The van der Waals surface area contributed by atoms with Crippen LogP contribution in [-0.2, 0) is 21.4 Å². The number of ether oxygens (including phenoxy) is 2. The van der Waals surface area contributed by atoms with E-state index < -0.39 is 12.0 Å². The standard InChI is InChI=1S/C21H26N2O4/c1-21(2,3)16-10-8-14(9-11-16)18(24)23-17(20(25)27-5)13-15-7-6-12-22-19(15)26-4/h6-12,17H,13H2,1-5H3,(H,23,24)/t17-/m0/s1. The van der Waals surface area contributed by atoms with Gasteiger partial charge in [-0.05, 0) is 29.2 Å². The Labute approximate surface area is 159 Å². The Morgan fingerprint density at radius 1 is 1.11 bits per heavy atom. The number of carbonyl (C=O) groups excluding carboxylic acids is 2. The summed E-state index contributed by atoms with van der Waals surface area (Å²) in [6, 6.07) is 10.1. The topological polar surface area (TPSA) is 77.5 Å². The Hall–Kier alpha value is -2.89. The second-order valence-electron chi connectivity index (χ2n) is 7.25. The first-order chi connectivity index (χ1) is 12.8. The summed E-state index contributed by atoms with van der Waals surface area (Å²) in [6.45, 7) is 6.32. The lowest BCUT2D eigenvalue weighted by atomic mass is 9.86. The Morgan fingerprint density at radius 3 is 2.33 bits per heavy atom. The fourth-order valence-corrected chi connectivity index (χ4v) is 2.68. The van der Waals surface area contributed by atoms with E-state index in [9.17, 15) is 9.59 Å². The first kappa shape index (κ1) is 20.4. The van der Waals surface area contributed by atoms with Gasteiger partial charge in [-0.2, -0.15) is 0 Å². The van der Waals surface area contributed by atoms with Gasteiger partial charge in [-0.3, -0.25) is 4.79 Å². The summed E-state index contributed by atoms with van der Waals surface area (Å²) in [6.07, 6.45) is 1.82. The zero-order valence-electron chi connectivity index (χ0n) is 16.4. The molecular weight excluding hydrogens is 344 g/mol. The van der Waals surface area contributed by atoms with Crippen molar-refractivity contribution in [3.8, 4) is 5.88 Å². The van der Waals surface area contributed by atoms with Crippen molar-refractivity contribution in [3.05, 3.63) is 59.3 Å². The third kappa shape index (κ3) is 5.29. The van der Waals surface area contributed by atoms with Crippen LogP contribution in [0.15, 0.2) is 42.6 Å². The van der Waals surface area contributed by atoms with Crippen molar-refractivity contribution in [2.75, 3.05) is 14.2 Å². The second-order valence-corrected chi connectivity index (χ2v) is 7.25. The molecule has 1 aromatic carbocycles. The van der Waals surface area contributed by atoms with Crippen LogP contribution < -0.4 is 10.1 Å². The summed E-state index contributed by atoms with van der Waals surface area (Å²) >= 11 is 0. The molecule has 1 N–H and O–H groups in total. The largest absolute Gasteiger partial charge is 0.481 e. The Balaban J connectivity index is 2.18. The highest BCUT2D eigenvalue weighted by Gasteiger charge is 2.24. The third-order valence-corrected chi connectivity index (χ3v) is 4.27. The van der Waals surface area contributed by atoms with Crippen LogP contribution in [0.5, 0.6) is 5.88 Å². The van der Waals surface area contributed by atoms with Gasteiger partial charge in [0.25, 0.3) is 5.91 Å². The number of rotatable bonds is 6. The minimum absolute atomic E-state index is 0.000418. The molecule has 1 amide bonds. The minimum Gasteiger partial charge on any atom is -0.481 e. The molecule has 0 aliphatic heterocycles. The number of methoxy groups -OCH3 is 2. The molecule has 0 fully saturated rings. The fourth-order valence-electron chi connectivity index (χ4n) is 2.68. The normalized spacial score (nSPS) is 12.2. The SMILES string of the molecule is COC(=O)[C@H](Cc1cccnc1OC)NC(=O)c1ccc(C(C)(C)C)cc1. The van der Waals surface area contributed by atoms with Gasteiger partial charge in [-0.1, -0.05) is 39.0 Å². The maximum atomic E-state index is 12.6. The van der Waals surface area contributed by atoms with Crippen LogP contribution in [0.1, 0.15) is 42.3 Å². The lowest BCUT2D eigenvalue weighted by molar-refractivity contribution is -0.142. The van der Waals surface area contributed by atoms with Gasteiger partial charge < -0.3 is 14.8 Å². The Kier molecular flexibility index (Phi) is 6.55. The van der Waals surface area contributed by atoms with Crippen LogP contribution >= 0.6 is 0 Å². The highest BCUT2D eigenvalue weighted by molar-refractivity contribution is 5.96. The number of aromatic nitrogens is 1. The van der Waals surface area contributed by atoms with E-state index in [4.69, 9.17) is 9.47 Å². The number of nitrogens with zero attached hydrogens (tertiary/aromatic N) is 1. The van der Waals surface area contributed by atoms with Crippen molar-refractivity contribution >= 4 is 11.9 Å². The molecule has 1 atom stereocenters. The summed E-state index contributed by atoms with van der Waals surface area (Å²) in [5.41, 5.74) is 2.32. The maximum Gasteiger partial charge on any atom is 0.328 e. The molecule has 0 saturated heterocycles. The van der Waals surface area contributed by atoms with E-state index in [1.54, 1.807) is 30.5 Å². The Bertz CT molecular complexity index is 795. The quantitative estimate of drug-likeness (QED) is 0.791. The van der Waals surface area contributed by atoms with Gasteiger partial charge in [-0.25, -0.2) is 9.78 Å². The van der Waals surface area contributed by atoms with Crippen molar-refractivity contribution in [2.24, 2.45) is 0 Å². The van der Waals surface area contributed by atoms with Gasteiger partial charge in [0.05, 0.1) is 14.2 Å². The van der Waals surface area contributed by atoms with Gasteiger partial charge in [0.2, 0.25) is 5.88 Å². The van der Waals surface area contributed by atoms with Crippen molar-refractivity contribution in [3.63, 3.8) is 0 Å². The third-order valence-electron chi connectivity index (χ3n) is 4.27. The number of amides is 1. The van der Waals surface area contributed by atoms with E-state index in [2.05, 4.69) is 31.1 Å². The summed E-state index contributed by atoms with van der Waals surface area (Å²) in [5.74, 6) is -0.454. The lowest BCUT2D eigenvalue weighted by Crippen LogP contribution is -2.43. The van der Waals surface area contributed by atoms with Gasteiger partial charge in [-0.15, -0.1) is 0 Å². The molecule has 1 heterocycles. The van der Waals surface area contributed by atoms with Crippen LogP contribution in [0.2, 0.25) is 0 Å².